The summed E-state index contributed by atoms with van der Waals surface area (Å²) in [5.74, 6) is 0.134. The summed E-state index contributed by atoms with van der Waals surface area (Å²) in [6.07, 6.45) is 1.27. The molecule has 94 valence electrons. The zero-order valence-corrected chi connectivity index (χ0v) is 10.3. The molecule has 0 bridgehead atoms. The second-order valence-electron chi connectivity index (χ2n) is 5.21. The molecule has 1 aromatic carbocycles. The minimum atomic E-state index is -0.241. The molecule has 0 aliphatic heterocycles. The van der Waals surface area contributed by atoms with Crippen molar-refractivity contribution in [1.82, 2.24) is 0 Å². The fourth-order valence-electron chi connectivity index (χ4n) is 3.01. The minimum Gasteiger partial charge on any atom is -0.458 e. The molecule has 0 aromatic heterocycles. The molecule has 2 aliphatic rings. The summed E-state index contributed by atoms with van der Waals surface area (Å²) >= 11 is 0. The van der Waals surface area contributed by atoms with Gasteiger partial charge in [-0.1, -0.05) is 30.3 Å². The monoisotopic (exact) mass is 244 g/mol. The molecule has 2 aliphatic carbocycles. The van der Waals surface area contributed by atoms with Crippen molar-refractivity contribution in [2.75, 3.05) is 0 Å². The average Bonchev–Trinajstić information content (AvgIpc) is 3.01. The summed E-state index contributed by atoms with van der Waals surface area (Å²) in [6, 6.07) is 9.67. The van der Waals surface area contributed by atoms with Crippen molar-refractivity contribution in [3.63, 3.8) is 0 Å². The lowest BCUT2D eigenvalue weighted by molar-refractivity contribution is -0.151. The highest BCUT2D eigenvalue weighted by Gasteiger charge is 2.62. The second-order valence-corrected chi connectivity index (χ2v) is 5.21. The third-order valence-corrected chi connectivity index (χ3v) is 4.10. The quantitative estimate of drug-likeness (QED) is 0.767. The van der Waals surface area contributed by atoms with Crippen LogP contribution < -0.4 is 0 Å². The van der Waals surface area contributed by atoms with Crippen LogP contribution in [0.1, 0.15) is 31.4 Å². The van der Waals surface area contributed by atoms with Gasteiger partial charge in [0.2, 0.25) is 0 Å². The molecular weight excluding hydrogens is 228 g/mol. The topological polar surface area (TPSA) is 43.4 Å². The van der Waals surface area contributed by atoms with Crippen LogP contribution in [-0.4, -0.2) is 11.8 Å². The molecule has 0 amide bonds. The first-order valence-electron chi connectivity index (χ1n) is 6.46. The van der Waals surface area contributed by atoms with Crippen molar-refractivity contribution in [3.8, 4) is 0 Å². The lowest BCUT2D eigenvalue weighted by Gasteiger charge is -2.14. The van der Waals surface area contributed by atoms with Gasteiger partial charge in [-0.25, -0.2) is 0 Å². The van der Waals surface area contributed by atoms with Gasteiger partial charge in [-0.15, -0.1) is 0 Å². The van der Waals surface area contributed by atoms with Gasteiger partial charge in [-0.2, -0.15) is 0 Å². The maximum absolute atomic E-state index is 12.0. The van der Waals surface area contributed by atoms with E-state index in [4.69, 9.17) is 4.74 Å². The van der Waals surface area contributed by atoms with Crippen molar-refractivity contribution in [2.45, 2.75) is 25.9 Å². The van der Waals surface area contributed by atoms with E-state index in [9.17, 15) is 9.59 Å². The summed E-state index contributed by atoms with van der Waals surface area (Å²) in [5, 5.41) is 0. The van der Waals surface area contributed by atoms with Gasteiger partial charge in [0.15, 0.2) is 0 Å². The Morgan fingerprint density at radius 3 is 2.67 bits per heavy atom. The lowest BCUT2D eigenvalue weighted by Crippen LogP contribution is -2.15. The van der Waals surface area contributed by atoms with Crippen molar-refractivity contribution in [2.24, 2.45) is 17.8 Å². The number of hydrogen-bond acceptors (Lipinski definition) is 3. The van der Waals surface area contributed by atoms with Gasteiger partial charge >= 0.3 is 5.97 Å². The third kappa shape index (κ3) is 1.84. The maximum Gasteiger partial charge on any atom is 0.310 e. The molecular formula is C15H16O3. The largest absolute Gasteiger partial charge is 0.458 e. The molecule has 3 heteroatoms. The number of ketones is 1. The Morgan fingerprint density at radius 1 is 1.33 bits per heavy atom. The first-order valence-corrected chi connectivity index (χ1v) is 6.46. The Bertz CT molecular complexity index is 480. The Hall–Kier alpha value is -1.64. The fourth-order valence-corrected chi connectivity index (χ4v) is 3.01. The number of fused-ring (bicyclic) bond motifs is 1. The molecule has 2 fully saturated rings. The number of esters is 1. The zero-order valence-electron chi connectivity index (χ0n) is 10.3. The number of hydrogen-bond donors (Lipinski definition) is 0. The van der Waals surface area contributed by atoms with Crippen LogP contribution in [0.4, 0.5) is 0 Å². The van der Waals surface area contributed by atoms with Gasteiger partial charge in [0, 0.05) is 12.3 Å². The van der Waals surface area contributed by atoms with Gasteiger partial charge in [-0.05, 0) is 24.8 Å². The van der Waals surface area contributed by atoms with E-state index in [-0.39, 0.29) is 35.6 Å². The van der Waals surface area contributed by atoms with Crippen LogP contribution in [0.3, 0.4) is 0 Å². The summed E-state index contributed by atoms with van der Waals surface area (Å²) in [7, 11) is 0. The molecule has 0 N–H and O–H groups in total. The van der Waals surface area contributed by atoms with Crippen molar-refractivity contribution < 1.29 is 14.3 Å². The van der Waals surface area contributed by atoms with Crippen molar-refractivity contribution >= 4 is 11.8 Å². The smallest absolute Gasteiger partial charge is 0.310 e. The van der Waals surface area contributed by atoms with Gasteiger partial charge in [0.1, 0.15) is 11.9 Å². The number of carbonyl (C=O) groups is 2. The van der Waals surface area contributed by atoms with Crippen LogP contribution in [0.5, 0.6) is 0 Å². The molecule has 18 heavy (non-hydrogen) atoms. The molecule has 2 saturated carbocycles. The van der Waals surface area contributed by atoms with Gasteiger partial charge < -0.3 is 4.74 Å². The highest BCUT2D eigenvalue weighted by Crippen LogP contribution is 2.56. The molecule has 0 heterocycles. The van der Waals surface area contributed by atoms with Crippen LogP contribution >= 0.6 is 0 Å². The summed E-state index contributed by atoms with van der Waals surface area (Å²) in [4.78, 5) is 23.5. The Kier molecular flexibility index (Phi) is 2.69. The highest BCUT2D eigenvalue weighted by molar-refractivity contribution is 5.94. The molecule has 1 aromatic rings. The number of Topliss-reactive ketones (excluding diaryl/α,β-unsaturated/α-hetero) is 1. The predicted octanol–water partition coefficient (Wildman–Crippen LogP) is 2.52. The molecule has 4 atom stereocenters. The van der Waals surface area contributed by atoms with E-state index >= 15 is 0 Å². The van der Waals surface area contributed by atoms with E-state index in [0.717, 1.165) is 12.0 Å². The van der Waals surface area contributed by atoms with E-state index in [0.29, 0.717) is 6.42 Å². The van der Waals surface area contributed by atoms with Gasteiger partial charge in [-0.3, -0.25) is 9.59 Å². The van der Waals surface area contributed by atoms with E-state index in [1.165, 1.54) is 0 Å². The summed E-state index contributed by atoms with van der Waals surface area (Å²) in [5.41, 5.74) is 0.989. The molecule has 3 nitrogen and oxygen atoms in total. The number of rotatable bonds is 3. The molecule has 0 radical (unpaired) electrons. The highest BCUT2D eigenvalue weighted by atomic mass is 16.5. The van der Waals surface area contributed by atoms with E-state index in [1.807, 2.05) is 37.3 Å². The first-order chi connectivity index (χ1) is 8.68. The van der Waals surface area contributed by atoms with Crippen LogP contribution in [0, 0.1) is 17.8 Å². The average molecular weight is 244 g/mol. The van der Waals surface area contributed by atoms with Gasteiger partial charge in [0.05, 0.1) is 5.92 Å². The third-order valence-electron chi connectivity index (χ3n) is 4.10. The van der Waals surface area contributed by atoms with Crippen LogP contribution in [0.2, 0.25) is 0 Å². The van der Waals surface area contributed by atoms with Crippen molar-refractivity contribution in [3.05, 3.63) is 35.9 Å². The Balaban J connectivity index is 1.61. The standard InChI is InChI=1S/C15H16O3/c1-9(10-5-3-2-4-6-10)18-15(17)14-11-7-8-12(16)13(11)14/h2-6,9,11,13-14H,7-8H2,1H3/t9-,11?,13?,14?/m0/s1. The molecule has 0 spiro atoms. The Morgan fingerprint density at radius 2 is 2.06 bits per heavy atom. The first kappa shape index (κ1) is 11.5. The number of ether oxygens (including phenoxy) is 1. The van der Waals surface area contributed by atoms with E-state index in [1.54, 1.807) is 0 Å². The van der Waals surface area contributed by atoms with Gasteiger partial charge in [0.25, 0.3) is 0 Å². The molecule has 3 rings (SSSR count). The zero-order chi connectivity index (χ0) is 12.7. The lowest BCUT2D eigenvalue weighted by atomic mass is 10.1. The maximum atomic E-state index is 12.0. The normalized spacial score (nSPS) is 30.7. The SMILES string of the molecule is C[C@H](OC(=O)C1C2CCC(=O)C21)c1ccccc1. The second kappa shape index (κ2) is 4.23. The Labute approximate surface area is 106 Å². The predicted molar refractivity (Wildman–Crippen MR) is 65.7 cm³/mol. The summed E-state index contributed by atoms with van der Waals surface area (Å²) < 4.78 is 5.45. The van der Waals surface area contributed by atoms with Crippen molar-refractivity contribution in [1.29, 1.82) is 0 Å². The van der Waals surface area contributed by atoms with Crippen LogP contribution in [0.15, 0.2) is 30.3 Å². The molecule has 0 saturated heterocycles. The number of benzene rings is 1. The fraction of sp³-hybridized carbons (Fsp3) is 0.467. The number of carbonyl (C=O) groups excluding carboxylic acids is 2. The van der Waals surface area contributed by atoms with Crippen LogP contribution in [-0.2, 0) is 14.3 Å². The summed E-state index contributed by atoms with van der Waals surface area (Å²) in [6.45, 7) is 1.87. The van der Waals surface area contributed by atoms with E-state index < -0.39 is 0 Å². The van der Waals surface area contributed by atoms with E-state index in [2.05, 4.69) is 0 Å². The molecule has 3 unspecified atom stereocenters. The van der Waals surface area contributed by atoms with Crippen LogP contribution in [0.25, 0.3) is 0 Å². The minimum absolute atomic E-state index is 0.0273.